The van der Waals surface area contributed by atoms with E-state index in [1.807, 2.05) is 42.6 Å². The lowest BCUT2D eigenvalue weighted by Gasteiger charge is -1.90. The second-order valence-electron chi connectivity index (χ2n) is 4.49. The molecule has 0 fully saturated rings. The van der Waals surface area contributed by atoms with Gasteiger partial charge in [-0.15, -0.1) is 0 Å². The van der Waals surface area contributed by atoms with Gasteiger partial charge in [0.25, 0.3) is 0 Å². The lowest BCUT2D eigenvalue weighted by atomic mass is 10.2. The largest absolute Gasteiger partial charge is 0.346 e. The molecule has 0 aliphatic heterocycles. The monoisotopic (exact) mass is 258 g/mol. The van der Waals surface area contributed by atoms with Gasteiger partial charge in [0.05, 0.1) is 11.0 Å². The molecule has 0 saturated heterocycles. The molecule has 94 valence electrons. The molecule has 0 amide bonds. The lowest BCUT2D eigenvalue weighted by Crippen LogP contribution is -1.81. The highest BCUT2D eigenvalue weighted by Crippen LogP contribution is 2.11. The summed E-state index contributed by atoms with van der Waals surface area (Å²) in [5, 5.41) is 1.06. The van der Waals surface area contributed by atoms with Crippen LogP contribution in [0, 0.1) is 11.8 Å². The molecular formula is C16H10N4. The van der Waals surface area contributed by atoms with Crippen molar-refractivity contribution in [3.63, 3.8) is 0 Å². The second-order valence-corrected chi connectivity index (χ2v) is 4.49. The van der Waals surface area contributed by atoms with Crippen LogP contribution in [-0.4, -0.2) is 19.9 Å². The van der Waals surface area contributed by atoms with Crippen molar-refractivity contribution in [1.29, 1.82) is 0 Å². The van der Waals surface area contributed by atoms with Crippen LogP contribution in [0.3, 0.4) is 0 Å². The molecule has 4 nitrogen and oxygen atoms in total. The fourth-order valence-electron chi connectivity index (χ4n) is 2.15. The number of benzene rings is 1. The molecule has 3 heterocycles. The molecule has 1 aromatic carbocycles. The molecule has 0 aliphatic rings. The van der Waals surface area contributed by atoms with Gasteiger partial charge in [-0.2, -0.15) is 0 Å². The summed E-state index contributed by atoms with van der Waals surface area (Å²) in [5.74, 6) is 6.79. The highest BCUT2D eigenvalue weighted by atomic mass is 14.9. The van der Waals surface area contributed by atoms with Crippen LogP contribution in [0.2, 0.25) is 0 Å². The van der Waals surface area contributed by atoms with E-state index in [0.717, 1.165) is 27.6 Å². The summed E-state index contributed by atoms with van der Waals surface area (Å²) in [4.78, 5) is 15.0. The average Bonchev–Trinajstić information content (AvgIpc) is 3.10. The molecule has 0 radical (unpaired) electrons. The molecule has 0 saturated carbocycles. The third kappa shape index (κ3) is 1.82. The fourth-order valence-corrected chi connectivity index (χ4v) is 2.15. The topological polar surface area (TPSA) is 57.4 Å². The van der Waals surface area contributed by atoms with Gasteiger partial charge < -0.3 is 9.97 Å². The quantitative estimate of drug-likeness (QED) is 0.476. The smallest absolute Gasteiger partial charge is 0.184 e. The first-order chi connectivity index (χ1) is 9.88. The maximum atomic E-state index is 4.42. The number of aromatic nitrogens is 4. The van der Waals surface area contributed by atoms with E-state index >= 15 is 0 Å². The van der Waals surface area contributed by atoms with Gasteiger partial charge in [-0.05, 0) is 30.2 Å². The number of H-pyrrole nitrogens is 2. The van der Waals surface area contributed by atoms with Gasteiger partial charge in [-0.3, -0.25) is 0 Å². The fraction of sp³-hybridized carbons (Fsp3) is 0. The summed E-state index contributed by atoms with van der Waals surface area (Å²) < 4.78 is 0. The van der Waals surface area contributed by atoms with E-state index < -0.39 is 0 Å². The first-order valence-electron chi connectivity index (χ1n) is 6.28. The number of para-hydroxylation sites is 2. The van der Waals surface area contributed by atoms with Crippen LogP contribution < -0.4 is 0 Å². The summed E-state index contributed by atoms with van der Waals surface area (Å²) in [6.07, 6.45) is 3.63. The van der Waals surface area contributed by atoms with Crippen LogP contribution in [-0.2, 0) is 0 Å². The van der Waals surface area contributed by atoms with Gasteiger partial charge in [0, 0.05) is 23.3 Å². The predicted octanol–water partition coefficient (Wildman–Crippen LogP) is 2.84. The minimum Gasteiger partial charge on any atom is -0.346 e. The van der Waals surface area contributed by atoms with Crippen LogP contribution in [0.15, 0.2) is 48.8 Å². The van der Waals surface area contributed by atoms with E-state index in [0.29, 0.717) is 5.82 Å². The van der Waals surface area contributed by atoms with Crippen molar-refractivity contribution in [2.45, 2.75) is 0 Å². The zero-order valence-electron chi connectivity index (χ0n) is 10.5. The van der Waals surface area contributed by atoms with Gasteiger partial charge in [0.2, 0.25) is 0 Å². The standard InChI is InChI=1S/C16H10N4/c1-2-4-14-13(3-1)19-15(20-14)6-5-11-9-12-7-8-17-16(12)18-10-11/h1-4,7-10H,(H,17,18)(H,19,20). The molecule has 4 rings (SSSR count). The Kier molecular flexibility index (Phi) is 2.30. The third-order valence-electron chi connectivity index (χ3n) is 3.11. The summed E-state index contributed by atoms with van der Waals surface area (Å²) in [6, 6.07) is 11.9. The Morgan fingerprint density at radius 1 is 1.05 bits per heavy atom. The molecule has 3 aromatic heterocycles. The van der Waals surface area contributed by atoms with Crippen molar-refractivity contribution < 1.29 is 0 Å². The summed E-state index contributed by atoms with van der Waals surface area (Å²) in [7, 11) is 0. The number of nitrogens with zero attached hydrogens (tertiary/aromatic N) is 2. The SMILES string of the molecule is C(#Cc1nc2ccccc2[nH]1)c1cnc2[nH]ccc2c1. The molecule has 0 spiro atoms. The molecule has 0 bridgehead atoms. The first-order valence-corrected chi connectivity index (χ1v) is 6.28. The van der Waals surface area contributed by atoms with E-state index in [-0.39, 0.29) is 0 Å². The van der Waals surface area contributed by atoms with Crippen LogP contribution in [0.1, 0.15) is 11.4 Å². The predicted molar refractivity (Wildman–Crippen MR) is 78.2 cm³/mol. The third-order valence-corrected chi connectivity index (χ3v) is 3.11. The van der Waals surface area contributed by atoms with Crippen molar-refractivity contribution in [1.82, 2.24) is 19.9 Å². The second kappa shape index (κ2) is 4.25. The van der Waals surface area contributed by atoms with Crippen molar-refractivity contribution in [2.75, 3.05) is 0 Å². The number of aromatic amines is 2. The van der Waals surface area contributed by atoms with Crippen LogP contribution >= 0.6 is 0 Å². The highest BCUT2D eigenvalue weighted by Gasteiger charge is 1.99. The minimum atomic E-state index is 0.667. The molecular weight excluding hydrogens is 248 g/mol. The number of pyridine rings is 1. The van der Waals surface area contributed by atoms with Crippen LogP contribution in [0.5, 0.6) is 0 Å². The minimum absolute atomic E-state index is 0.667. The maximum absolute atomic E-state index is 4.42. The summed E-state index contributed by atoms with van der Waals surface area (Å²) >= 11 is 0. The summed E-state index contributed by atoms with van der Waals surface area (Å²) in [6.45, 7) is 0. The Balaban J connectivity index is 1.74. The van der Waals surface area contributed by atoms with E-state index in [4.69, 9.17) is 0 Å². The number of rotatable bonds is 0. The molecule has 0 aliphatic carbocycles. The molecule has 2 N–H and O–H groups in total. The Labute approximate surface area is 114 Å². The van der Waals surface area contributed by atoms with Gasteiger partial charge in [-0.25, -0.2) is 9.97 Å². The summed E-state index contributed by atoms with van der Waals surface area (Å²) in [5.41, 5.74) is 3.67. The molecule has 4 heteroatoms. The molecule has 4 aromatic rings. The van der Waals surface area contributed by atoms with Crippen LogP contribution in [0.25, 0.3) is 22.1 Å². The molecule has 20 heavy (non-hydrogen) atoms. The van der Waals surface area contributed by atoms with E-state index in [1.54, 1.807) is 6.20 Å². The number of hydrogen-bond donors (Lipinski definition) is 2. The maximum Gasteiger partial charge on any atom is 0.184 e. The number of hydrogen-bond acceptors (Lipinski definition) is 2. The first kappa shape index (κ1) is 10.8. The van der Waals surface area contributed by atoms with Gasteiger partial charge in [0.1, 0.15) is 5.65 Å². The van der Waals surface area contributed by atoms with E-state index in [9.17, 15) is 0 Å². The molecule has 0 unspecified atom stereocenters. The Morgan fingerprint density at radius 2 is 2.00 bits per heavy atom. The number of nitrogens with one attached hydrogen (secondary N) is 2. The highest BCUT2D eigenvalue weighted by molar-refractivity contribution is 5.77. The zero-order chi connectivity index (χ0) is 13.4. The lowest BCUT2D eigenvalue weighted by molar-refractivity contribution is 1.28. The van der Waals surface area contributed by atoms with Crippen molar-refractivity contribution >= 4 is 22.1 Å². The van der Waals surface area contributed by atoms with Gasteiger partial charge >= 0.3 is 0 Å². The van der Waals surface area contributed by atoms with Gasteiger partial charge in [-0.1, -0.05) is 18.1 Å². The molecule has 0 atom stereocenters. The number of imidazole rings is 1. The zero-order valence-corrected chi connectivity index (χ0v) is 10.5. The Hall–Kier alpha value is -3.06. The van der Waals surface area contributed by atoms with E-state index in [1.165, 1.54) is 0 Å². The Bertz CT molecular complexity index is 927. The van der Waals surface area contributed by atoms with Crippen LogP contribution in [0.4, 0.5) is 0 Å². The normalized spacial score (nSPS) is 10.6. The Morgan fingerprint density at radius 3 is 2.95 bits per heavy atom. The van der Waals surface area contributed by atoms with Crippen molar-refractivity contribution in [2.24, 2.45) is 0 Å². The number of fused-ring (bicyclic) bond motifs is 2. The van der Waals surface area contributed by atoms with Crippen molar-refractivity contribution in [3.05, 3.63) is 60.2 Å². The average molecular weight is 258 g/mol. The van der Waals surface area contributed by atoms with Crippen molar-refractivity contribution in [3.8, 4) is 11.8 Å². The van der Waals surface area contributed by atoms with Gasteiger partial charge in [0.15, 0.2) is 5.82 Å². The van der Waals surface area contributed by atoms with E-state index in [2.05, 4.69) is 31.8 Å².